The number of amides is 1. The summed E-state index contributed by atoms with van der Waals surface area (Å²) in [5.74, 6) is -2.31. The topological polar surface area (TPSA) is 111 Å². The number of sulfone groups is 1. The number of nitrogens with one attached hydrogen (secondary N) is 1. The monoisotopic (exact) mass is 622 g/mol. The van der Waals surface area contributed by atoms with Crippen LogP contribution in [0.2, 0.25) is 0 Å². The van der Waals surface area contributed by atoms with Crippen molar-refractivity contribution >= 4 is 26.6 Å². The number of pyridine rings is 3. The van der Waals surface area contributed by atoms with Gasteiger partial charge in [-0.15, -0.1) is 0 Å². The average molecular weight is 623 g/mol. The Morgan fingerprint density at radius 1 is 1.07 bits per heavy atom. The van der Waals surface area contributed by atoms with E-state index in [0.29, 0.717) is 39.2 Å². The van der Waals surface area contributed by atoms with Crippen LogP contribution in [0.3, 0.4) is 0 Å². The minimum Gasteiger partial charge on any atom is -0.489 e. The molecule has 1 aromatic carbocycles. The van der Waals surface area contributed by atoms with Crippen LogP contribution in [0.1, 0.15) is 53.9 Å². The Labute approximate surface area is 244 Å². The van der Waals surface area contributed by atoms with E-state index in [2.05, 4.69) is 20.3 Å². The van der Waals surface area contributed by atoms with Crippen LogP contribution in [-0.4, -0.2) is 47.8 Å². The first-order chi connectivity index (χ1) is 20.1. The van der Waals surface area contributed by atoms with E-state index in [1.54, 1.807) is 36.5 Å². The molecule has 4 heterocycles. The van der Waals surface area contributed by atoms with Gasteiger partial charge in [-0.25, -0.2) is 31.0 Å². The van der Waals surface area contributed by atoms with E-state index in [-0.39, 0.29) is 37.2 Å². The van der Waals surface area contributed by atoms with Gasteiger partial charge in [-0.3, -0.25) is 19.5 Å². The standard InChI is InChI=1S/C29H24F4N4O4S.FH.H2/c30-20-9-18(10-24-28(20)41-8-7-26(33)42(24,39)40)29(38)35-14-19-12-23-17(13-34-19)4-6-21(36-23)22-5-3-16(11-25(31)32)27(37-22)15-1-2-15;;/h3-6,9-10,12-13,15,25-26H,1-2,7-8,11,14H2,(H,35,38);2*1H/t26-;;/m1../s1. The molecule has 1 fully saturated rings. The molecule has 0 bridgehead atoms. The quantitative estimate of drug-likeness (QED) is 0.264. The van der Waals surface area contributed by atoms with Gasteiger partial charge in [0.1, 0.15) is 4.90 Å². The molecule has 2 aliphatic rings. The van der Waals surface area contributed by atoms with E-state index in [4.69, 9.17) is 4.74 Å². The molecule has 1 atom stereocenters. The first-order valence-electron chi connectivity index (χ1n) is 13.3. The van der Waals surface area contributed by atoms with Gasteiger partial charge in [0.25, 0.3) is 5.91 Å². The number of fused-ring (bicyclic) bond motifs is 2. The molecule has 0 spiro atoms. The SMILES string of the molecule is F.O=C(NCc1cc2nc(-c3ccc(CC(F)F)c(C4CC4)n3)ccc2cn1)c1cc(F)c2c(c1)S(=O)(=O)[C@@H](F)CCO2.[HH]. The Hall–Kier alpha value is -4.20. The maximum Gasteiger partial charge on any atom is 0.251 e. The lowest BCUT2D eigenvalue weighted by Gasteiger charge is -2.12. The summed E-state index contributed by atoms with van der Waals surface area (Å²) >= 11 is 0. The van der Waals surface area contributed by atoms with Gasteiger partial charge in [0.15, 0.2) is 11.6 Å². The molecular weight excluding hydrogens is 595 g/mol. The summed E-state index contributed by atoms with van der Waals surface area (Å²) in [6.07, 6.45) is 0.135. The van der Waals surface area contributed by atoms with E-state index in [1.807, 2.05) is 0 Å². The number of nitrogens with zero attached hydrogens (tertiary/aromatic N) is 3. The lowest BCUT2D eigenvalue weighted by Crippen LogP contribution is -2.24. The molecule has 0 saturated heterocycles. The largest absolute Gasteiger partial charge is 0.489 e. The molecule has 3 aromatic heterocycles. The predicted octanol–water partition coefficient (Wildman–Crippen LogP) is 5.70. The van der Waals surface area contributed by atoms with Crippen molar-refractivity contribution in [2.24, 2.45) is 0 Å². The number of benzene rings is 1. The maximum absolute atomic E-state index is 14.7. The molecular formula is C29H27F5N4O4S. The molecule has 1 N–H and O–H groups in total. The first-order valence-corrected chi connectivity index (χ1v) is 14.8. The van der Waals surface area contributed by atoms with Crippen molar-refractivity contribution in [3.05, 3.63) is 77.0 Å². The Morgan fingerprint density at radius 3 is 2.56 bits per heavy atom. The highest BCUT2D eigenvalue weighted by atomic mass is 32.2. The van der Waals surface area contributed by atoms with Crippen molar-refractivity contribution in [2.75, 3.05) is 6.61 Å². The van der Waals surface area contributed by atoms with Gasteiger partial charge in [-0.1, -0.05) is 6.07 Å². The fraction of sp³-hybridized carbons (Fsp3) is 0.310. The van der Waals surface area contributed by atoms with E-state index in [0.717, 1.165) is 25.0 Å². The van der Waals surface area contributed by atoms with Crippen molar-refractivity contribution in [3.8, 4) is 17.1 Å². The summed E-state index contributed by atoms with van der Waals surface area (Å²) in [6, 6.07) is 10.3. The highest BCUT2D eigenvalue weighted by Gasteiger charge is 2.35. The lowest BCUT2D eigenvalue weighted by molar-refractivity contribution is 0.0949. The van der Waals surface area contributed by atoms with E-state index < -0.39 is 50.6 Å². The highest BCUT2D eigenvalue weighted by Crippen LogP contribution is 2.42. The van der Waals surface area contributed by atoms with Gasteiger partial charge < -0.3 is 10.1 Å². The Morgan fingerprint density at radius 2 is 1.81 bits per heavy atom. The Kier molecular flexibility index (Phi) is 8.32. The van der Waals surface area contributed by atoms with E-state index in [1.165, 1.54) is 0 Å². The van der Waals surface area contributed by atoms with Crippen molar-refractivity contribution < 1.29 is 41.6 Å². The smallest absolute Gasteiger partial charge is 0.251 e. The van der Waals surface area contributed by atoms with Crippen molar-refractivity contribution in [3.63, 3.8) is 0 Å². The third kappa shape index (κ3) is 6.14. The zero-order valence-electron chi connectivity index (χ0n) is 22.4. The van der Waals surface area contributed by atoms with Crippen LogP contribution in [0.5, 0.6) is 5.75 Å². The normalized spacial score (nSPS) is 17.5. The first kappa shape index (κ1) is 30.3. The number of carbonyl (C=O) groups is 1. The van der Waals surface area contributed by atoms with Crippen molar-refractivity contribution in [2.45, 2.75) is 55.0 Å². The van der Waals surface area contributed by atoms with Gasteiger partial charge in [0.2, 0.25) is 21.8 Å². The number of aromatic nitrogens is 3. The lowest BCUT2D eigenvalue weighted by atomic mass is 10.1. The number of hydrogen-bond acceptors (Lipinski definition) is 7. The molecule has 1 amide bonds. The molecule has 4 aromatic rings. The molecule has 228 valence electrons. The van der Waals surface area contributed by atoms with E-state index in [9.17, 15) is 30.8 Å². The minimum absolute atomic E-state index is 0. The minimum atomic E-state index is -4.54. The van der Waals surface area contributed by atoms with Crippen LogP contribution in [0, 0.1) is 5.82 Å². The second kappa shape index (κ2) is 11.8. The second-order valence-electron chi connectivity index (χ2n) is 10.2. The molecule has 0 unspecified atom stereocenters. The molecule has 6 rings (SSSR count). The summed E-state index contributed by atoms with van der Waals surface area (Å²) in [5.41, 5.74) is 0.698. The Balaban J connectivity index is 0.00000221. The van der Waals surface area contributed by atoms with E-state index >= 15 is 0 Å². The van der Waals surface area contributed by atoms with Crippen LogP contribution in [0.15, 0.2) is 53.6 Å². The highest BCUT2D eigenvalue weighted by molar-refractivity contribution is 7.92. The fourth-order valence-electron chi connectivity index (χ4n) is 4.86. The molecule has 1 saturated carbocycles. The van der Waals surface area contributed by atoms with Gasteiger partial charge in [-0.05, 0) is 54.8 Å². The molecule has 8 nitrogen and oxygen atoms in total. The second-order valence-corrected chi connectivity index (χ2v) is 12.3. The summed E-state index contributed by atoms with van der Waals surface area (Å²) in [6.45, 7) is -0.415. The van der Waals surface area contributed by atoms with Crippen LogP contribution in [0.4, 0.5) is 22.3 Å². The van der Waals surface area contributed by atoms with Crippen LogP contribution in [-0.2, 0) is 22.8 Å². The molecule has 1 aliphatic carbocycles. The van der Waals surface area contributed by atoms with Gasteiger partial charge >= 0.3 is 0 Å². The average Bonchev–Trinajstić information content (AvgIpc) is 3.82. The molecule has 14 heteroatoms. The zero-order chi connectivity index (χ0) is 29.6. The third-order valence-electron chi connectivity index (χ3n) is 7.18. The maximum atomic E-state index is 14.7. The molecule has 1 aliphatic heterocycles. The van der Waals surface area contributed by atoms with Gasteiger partial charge in [-0.2, -0.15) is 0 Å². The number of alkyl halides is 3. The predicted molar refractivity (Wildman–Crippen MR) is 149 cm³/mol. The summed E-state index contributed by atoms with van der Waals surface area (Å²) < 4.78 is 85.0. The number of hydrogen-bond donors (Lipinski definition) is 1. The zero-order valence-corrected chi connectivity index (χ0v) is 23.2. The third-order valence-corrected chi connectivity index (χ3v) is 9.00. The molecule has 0 radical (unpaired) electrons. The number of rotatable bonds is 7. The van der Waals surface area contributed by atoms with Crippen LogP contribution >= 0.6 is 0 Å². The van der Waals surface area contributed by atoms with Crippen LogP contribution in [0.25, 0.3) is 22.3 Å². The summed E-state index contributed by atoms with van der Waals surface area (Å²) in [7, 11) is -4.54. The molecule has 43 heavy (non-hydrogen) atoms. The summed E-state index contributed by atoms with van der Waals surface area (Å²) in [4.78, 5) is 25.8. The van der Waals surface area contributed by atoms with Gasteiger partial charge in [0, 0.05) is 43.0 Å². The number of carbonyl (C=O) groups excluding carboxylic acids is 1. The van der Waals surface area contributed by atoms with Crippen molar-refractivity contribution in [1.29, 1.82) is 0 Å². The van der Waals surface area contributed by atoms with Gasteiger partial charge in [0.05, 0.1) is 35.8 Å². The van der Waals surface area contributed by atoms with Crippen LogP contribution < -0.4 is 10.1 Å². The Bertz CT molecular complexity index is 1830. The fourth-order valence-corrected chi connectivity index (χ4v) is 6.25. The number of halogens is 5. The van der Waals surface area contributed by atoms with Crippen molar-refractivity contribution in [1.82, 2.24) is 20.3 Å². The summed E-state index contributed by atoms with van der Waals surface area (Å²) in [5, 5.41) is 3.28. The number of ether oxygens (including phenoxy) is 1.